The lowest BCUT2D eigenvalue weighted by molar-refractivity contribution is 0.616. The van der Waals surface area contributed by atoms with Gasteiger partial charge in [0.25, 0.3) is 0 Å². The molecule has 2 aromatic carbocycles. The molecule has 1 heterocycles. The number of rotatable bonds is 2. The number of fused-ring (bicyclic) bond motifs is 1. The SMILES string of the molecule is C=Cc1[c]cccc1-c1cccc2occc12. The minimum atomic E-state index is 0.904. The van der Waals surface area contributed by atoms with E-state index in [0.717, 1.165) is 27.7 Å². The molecule has 0 unspecified atom stereocenters. The number of benzene rings is 2. The highest BCUT2D eigenvalue weighted by atomic mass is 16.3. The van der Waals surface area contributed by atoms with Crippen molar-refractivity contribution in [2.75, 3.05) is 0 Å². The van der Waals surface area contributed by atoms with Gasteiger partial charge < -0.3 is 4.42 Å². The Hall–Kier alpha value is -2.28. The van der Waals surface area contributed by atoms with Crippen molar-refractivity contribution in [2.45, 2.75) is 0 Å². The van der Waals surface area contributed by atoms with Crippen molar-refractivity contribution in [3.8, 4) is 11.1 Å². The maximum Gasteiger partial charge on any atom is 0.134 e. The zero-order valence-electron chi connectivity index (χ0n) is 9.31. The normalized spacial score (nSPS) is 10.6. The molecule has 1 radical (unpaired) electrons. The molecule has 0 aliphatic rings. The molecule has 3 aromatic rings. The van der Waals surface area contributed by atoms with Gasteiger partial charge in [0, 0.05) is 5.39 Å². The van der Waals surface area contributed by atoms with Crippen molar-refractivity contribution in [3.63, 3.8) is 0 Å². The minimum Gasteiger partial charge on any atom is -0.464 e. The first kappa shape index (κ1) is 9.91. The molecule has 0 atom stereocenters. The van der Waals surface area contributed by atoms with E-state index < -0.39 is 0 Å². The van der Waals surface area contributed by atoms with Crippen LogP contribution < -0.4 is 0 Å². The Bertz CT molecular complexity index is 677. The molecule has 1 heteroatoms. The Balaban J connectivity index is 2.34. The first-order valence-electron chi connectivity index (χ1n) is 5.50. The van der Waals surface area contributed by atoms with Crippen molar-refractivity contribution in [1.29, 1.82) is 0 Å². The van der Waals surface area contributed by atoms with Gasteiger partial charge in [-0.3, -0.25) is 0 Å². The van der Waals surface area contributed by atoms with E-state index in [9.17, 15) is 0 Å². The topological polar surface area (TPSA) is 13.1 Å². The molecule has 0 aliphatic carbocycles. The molecule has 0 amide bonds. The molecule has 0 saturated heterocycles. The number of hydrogen-bond donors (Lipinski definition) is 0. The first-order valence-corrected chi connectivity index (χ1v) is 5.50. The highest BCUT2D eigenvalue weighted by Gasteiger charge is 2.07. The summed E-state index contributed by atoms with van der Waals surface area (Å²) < 4.78 is 5.42. The van der Waals surface area contributed by atoms with E-state index in [0.29, 0.717) is 0 Å². The first-order chi connectivity index (χ1) is 8.40. The smallest absolute Gasteiger partial charge is 0.134 e. The fraction of sp³-hybridized carbons (Fsp3) is 0. The van der Waals surface area contributed by atoms with Gasteiger partial charge in [0.2, 0.25) is 0 Å². The molecule has 17 heavy (non-hydrogen) atoms. The van der Waals surface area contributed by atoms with Crippen molar-refractivity contribution in [1.82, 2.24) is 0 Å². The highest BCUT2D eigenvalue weighted by molar-refractivity contribution is 5.95. The minimum absolute atomic E-state index is 0.904. The summed E-state index contributed by atoms with van der Waals surface area (Å²) in [6.07, 6.45) is 3.54. The van der Waals surface area contributed by atoms with Crippen LogP contribution in [0.25, 0.3) is 28.2 Å². The van der Waals surface area contributed by atoms with Crippen LogP contribution in [0.3, 0.4) is 0 Å². The molecule has 0 bridgehead atoms. The van der Waals surface area contributed by atoms with Crippen LogP contribution in [-0.2, 0) is 0 Å². The summed E-state index contributed by atoms with van der Waals surface area (Å²) in [5, 5.41) is 1.12. The monoisotopic (exact) mass is 219 g/mol. The molecule has 3 rings (SSSR count). The van der Waals surface area contributed by atoms with E-state index >= 15 is 0 Å². The predicted molar refractivity (Wildman–Crippen MR) is 70.6 cm³/mol. The van der Waals surface area contributed by atoms with Crippen molar-refractivity contribution in [3.05, 3.63) is 66.9 Å². The van der Waals surface area contributed by atoms with Gasteiger partial charge in [0.15, 0.2) is 0 Å². The third kappa shape index (κ3) is 1.56. The maximum absolute atomic E-state index is 5.42. The molecular formula is C16H11O. The van der Waals surface area contributed by atoms with Crippen molar-refractivity contribution in [2.24, 2.45) is 0 Å². The largest absolute Gasteiger partial charge is 0.464 e. The third-order valence-electron chi connectivity index (χ3n) is 2.88. The summed E-state index contributed by atoms with van der Waals surface area (Å²) in [6.45, 7) is 3.83. The molecule has 81 valence electrons. The zero-order chi connectivity index (χ0) is 11.7. The van der Waals surface area contributed by atoms with Crippen LogP contribution >= 0.6 is 0 Å². The van der Waals surface area contributed by atoms with Gasteiger partial charge in [0.1, 0.15) is 5.58 Å². The summed E-state index contributed by atoms with van der Waals surface area (Å²) in [6, 6.07) is 17.2. The van der Waals surface area contributed by atoms with Crippen molar-refractivity contribution < 1.29 is 4.42 Å². The lowest BCUT2D eigenvalue weighted by Gasteiger charge is -2.06. The Labute approximate surface area is 100 Å². The van der Waals surface area contributed by atoms with Crippen LogP contribution in [0.1, 0.15) is 5.56 Å². The zero-order valence-corrected chi connectivity index (χ0v) is 9.31. The molecular weight excluding hydrogens is 208 g/mol. The lowest BCUT2D eigenvalue weighted by Crippen LogP contribution is -1.83. The fourth-order valence-electron chi connectivity index (χ4n) is 2.08. The van der Waals surface area contributed by atoms with Crippen LogP contribution in [0, 0.1) is 6.07 Å². The quantitative estimate of drug-likeness (QED) is 0.616. The third-order valence-corrected chi connectivity index (χ3v) is 2.88. The Kier molecular flexibility index (Phi) is 2.30. The summed E-state index contributed by atoms with van der Waals surface area (Å²) in [4.78, 5) is 0. The molecule has 1 aromatic heterocycles. The molecule has 1 nitrogen and oxygen atoms in total. The Morgan fingerprint density at radius 1 is 1.06 bits per heavy atom. The van der Waals surface area contributed by atoms with E-state index in [-0.39, 0.29) is 0 Å². The average Bonchev–Trinajstić information content (AvgIpc) is 2.86. The molecule has 0 N–H and O–H groups in total. The second kappa shape index (κ2) is 3.95. The Morgan fingerprint density at radius 3 is 2.82 bits per heavy atom. The van der Waals surface area contributed by atoms with E-state index in [2.05, 4.69) is 24.8 Å². The van der Waals surface area contributed by atoms with Gasteiger partial charge >= 0.3 is 0 Å². The highest BCUT2D eigenvalue weighted by Crippen LogP contribution is 2.31. The van der Waals surface area contributed by atoms with Crippen LogP contribution in [0.2, 0.25) is 0 Å². The van der Waals surface area contributed by atoms with Crippen LogP contribution in [0.4, 0.5) is 0 Å². The van der Waals surface area contributed by atoms with Gasteiger partial charge in [-0.05, 0) is 34.9 Å². The van der Waals surface area contributed by atoms with Gasteiger partial charge in [-0.2, -0.15) is 0 Å². The predicted octanol–water partition coefficient (Wildman–Crippen LogP) is 4.54. The van der Waals surface area contributed by atoms with Crippen LogP contribution in [0.15, 0.2) is 59.7 Å². The maximum atomic E-state index is 5.42. The van der Waals surface area contributed by atoms with Crippen LogP contribution in [0.5, 0.6) is 0 Å². The molecule has 0 aliphatic heterocycles. The van der Waals surface area contributed by atoms with Crippen LogP contribution in [-0.4, -0.2) is 0 Å². The summed E-state index contributed by atoms with van der Waals surface area (Å²) in [7, 11) is 0. The second-order valence-corrected chi connectivity index (χ2v) is 3.84. The summed E-state index contributed by atoms with van der Waals surface area (Å²) in [5.74, 6) is 0. The van der Waals surface area contributed by atoms with E-state index in [1.807, 2.05) is 36.4 Å². The number of hydrogen-bond acceptors (Lipinski definition) is 1. The average molecular weight is 219 g/mol. The standard InChI is InChI=1S/C16H11O/c1-2-12-6-3-4-7-13(12)14-8-5-9-16-15(14)10-11-17-16/h2-5,7-11H,1H2. The molecule has 0 fully saturated rings. The molecule has 0 saturated carbocycles. The van der Waals surface area contributed by atoms with Gasteiger partial charge in [-0.15, -0.1) is 0 Å². The van der Waals surface area contributed by atoms with Gasteiger partial charge in [-0.25, -0.2) is 0 Å². The fourth-order valence-corrected chi connectivity index (χ4v) is 2.08. The lowest BCUT2D eigenvalue weighted by atomic mass is 9.97. The summed E-state index contributed by atoms with van der Waals surface area (Å²) in [5.41, 5.74) is 4.21. The van der Waals surface area contributed by atoms with Gasteiger partial charge in [0.05, 0.1) is 6.26 Å². The van der Waals surface area contributed by atoms with Gasteiger partial charge in [-0.1, -0.05) is 43.0 Å². The number of furan rings is 1. The Morgan fingerprint density at radius 2 is 1.94 bits per heavy atom. The summed E-state index contributed by atoms with van der Waals surface area (Å²) >= 11 is 0. The van der Waals surface area contributed by atoms with Crippen molar-refractivity contribution >= 4 is 17.0 Å². The van der Waals surface area contributed by atoms with E-state index in [4.69, 9.17) is 4.42 Å². The molecule has 0 spiro atoms. The second-order valence-electron chi connectivity index (χ2n) is 3.84. The van der Waals surface area contributed by atoms with E-state index in [1.165, 1.54) is 0 Å². The van der Waals surface area contributed by atoms with E-state index in [1.54, 1.807) is 6.26 Å².